The van der Waals surface area contributed by atoms with Gasteiger partial charge in [0.1, 0.15) is 11.5 Å². The Kier molecular flexibility index (Phi) is 3.15. The first kappa shape index (κ1) is 12.7. The predicted molar refractivity (Wildman–Crippen MR) is 76.2 cm³/mol. The van der Waals surface area contributed by atoms with Crippen LogP contribution in [0.5, 0.6) is 11.5 Å². The van der Waals surface area contributed by atoms with Crippen molar-refractivity contribution in [1.82, 2.24) is 10.1 Å². The van der Waals surface area contributed by atoms with E-state index in [0.29, 0.717) is 11.4 Å². The maximum atomic E-state index is 9.77. The zero-order valence-electron chi connectivity index (χ0n) is 10.1. The second-order valence-electron chi connectivity index (χ2n) is 4.13. The highest BCUT2D eigenvalue weighted by atomic mass is 79.9. The largest absolute Gasteiger partial charge is 0.508 e. The first-order valence-corrected chi connectivity index (χ1v) is 6.55. The summed E-state index contributed by atoms with van der Waals surface area (Å²) >= 11 is 3.37. The molecule has 0 aliphatic carbocycles. The number of phenols is 2. The van der Waals surface area contributed by atoms with Crippen molar-refractivity contribution >= 4 is 15.9 Å². The molecule has 0 aliphatic heterocycles. The van der Waals surface area contributed by atoms with Crippen molar-refractivity contribution in [2.45, 2.75) is 0 Å². The molecule has 1 heterocycles. The Morgan fingerprint density at radius 3 is 2.70 bits per heavy atom. The van der Waals surface area contributed by atoms with Gasteiger partial charge in [-0.25, -0.2) is 0 Å². The van der Waals surface area contributed by atoms with E-state index in [9.17, 15) is 10.2 Å². The monoisotopic (exact) mass is 332 g/mol. The number of phenolic OH excluding ortho intramolecular Hbond substituents is 2. The van der Waals surface area contributed by atoms with E-state index < -0.39 is 0 Å². The van der Waals surface area contributed by atoms with Gasteiger partial charge in [-0.05, 0) is 30.3 Å². The van der Waals surface area contributed by atoms with Crippen LogP contribution in [0.25, 0.3) is 22.8 Å². The van der Waals surface area contributed by atoms with Gasteiger partial charge in [-0.15, -0.1) is 0 Å². The molecule has 0 unspecified atom stereocenters. The zero-order chi connectivity index (χ0) is 14.1. The van der Waals surface area contributed by atoms with Gasteiger partial charge < -0.3 is 14.7 Å². The molecule has 0 amide bonds. The van der Waals surface area contributed by atoms with Crippen LogP contribution in [0, 0.1) is 0 Å². The van der Waals surface area contributed by atoms with Gasteiger partial charge in [0.25, 0.3) is 5.89 Å². The minimum Gasteiger partial charge on any atom is -0.508 e. The van der Waals surface area contributed by atoms with Crippen LogP contribution in [0.3, 0.4) is 0 Å². The normalized spacial score (nSPS) is 10.7. The average molecular weight is 333 g/mol. The molecule has 5 nitrogen and oxygen atoms in total. The van der Waals surface area contributed by atoms with Crippen LogP contribution >= 0.6 is 15.9 Å². The lowest BCUT2D eigenvalue weighted by atomic mass is 10.2. The van der Waals surface area contributed by atoms with E-state index in [4.69, 9.17) is 4.52 Å². The van der Waals surface area contributed by atoms with Crippen molar-refractivity contribution < 1.29 is 14.7 Å². The fourth-order valence-electron chi connectivity index (χ4n) is 1.77. The third-order valence-corrected chi connectivity index (χ3v) is 3.21. The van der Waals surface area contributed by atoms with E-state index in [1.54, 1.807) is 0 Å². The molecule has 0 aliphatic rings. The zero-order valence-corrected chi connectivity index (χ0v) is 11.7. The maximum absolute atomic E-state index is 9.77. The van der Waals surface area contributed by atoms with E-state index in [-0.39, 0.29) is 17.4 Å². The Bertz CT molecular complexity index is 771. The van der Waals surface area contributed by atoms with Crippen molar-refractivity contribution in [1.29, 1.82) is 0 Å². The summed E-state index contributed by atoms with van der Waals surface area (Å²) in [5.74, 6) is 0.532. The number of aromatic hydroxyl groups is 2. The molecule has 0 saturated heterocycles. The van der Waals surface area contributed by atoms with E-state index in [1.165, 1.54) is 18.2 Å². The van der Waals surface area contributed by atoms with Crippen LogP contribution in [-0.2, 0) is 0 Å². The molecular formula is C14H9BrN2O3. The molecule has 20 heavy (non-hydrogen) atoms. The van der Waals surface area contributed by atoms with Gasteiger partial charge in [-0.3, -0.25) is 0 Å². The summed E-state index contributed by atoms with van der Waals surface area (Å²) < 4.78 is 6.04. The van der Waals surface area contributed by atoms with Gasteiger partial charge in [0.2, 0.25) is 5.82 Å². The summed E-state index contributed by atoms with van der Waals surface area (Å²) in [7, 11) is 0. The minimum absolute atomic E-state index is 0.0139. The Morgan fingerprint density at radius 1 is 1.05 bits per heavy atom. The topological polar surface area (TPSA) is 79.4 Å². The standard InChI is InChI=1S/C14H9BrN2O3/c15-9-3-1-2-8(6-9)13-16-14(20-17-13)11-7-10(18)4-5-12(11)19/h1-7,18-19H. The van der Waals surface area contributed by atoms with Crippen molar-refractivity contribution in [3.8, 4) is 34.3 Å². The summed E-state index contributed by atoms with van der Waals surface area (Å²) in [6, 6.07) is 11.6. The number of rotatable bonds is 2. The maximum Gasteiger partial charge on any atom is 0.262 e. The third kappa shape index (κ3) is 2.37. The summed E-state index contributed by atoms with van der Waals surface area (Å²) in [6.45, 7) is 0. The molecule has 0 bridgehead atoms. The van der Waals surface area contributed by atoms with Crippen molar-refractivity contribution in [2.75, 3.05) is 0 Å². The van der Waals surface area contributed by atoms with Gasteiger partial charge in [-0.1, -0.05) is 33.2 Å². The summed E-state index contributed by atoms with van der Waals surface area (Å²) in [5, 5.41) is 23.1. The number of nitrogens with zero attached hydrogens (tertiary/aromatic N) is 2. The summed E-state index contributed by atoms with van der Waals surface area (Å²) in [4.78, 5) is 4.22. The second kappa shape index (κ2) is 4.97. The predicted octanol–water partition coefficient (Wildman–Crippen LogP) is 3.58. The molecule has 0 fully saturated rings. The molecule has 1 aromatic heterocycles. The Hall–Kier alpha value is -2.34. The SMILES string of the molecule is Oc1ccc(O)c(-c2nc(-c3cccc(Br)c3)no2)c1. The van der Waals surface area contributed by atoms with Crippen LogP contribution in [0.4, 0.5) is 0 Å². The molecular weight excluding hydrogens is 324 g/mol. The molecule has 2 N–H and O–H groups in total. The smallest absolute Gasteiger partial charge is 0.262 e. The molecule has 0 radical (unpaired) electrons. The van der Waals surface area contributed by atoms with Crippen molar-refractivity contribution in [3.05, 3.63) is 46.9 Å². The van der Waals surface area contributed by atoms with E-state index in [1.807, 2.05) is 24.3 Å². The number of hydrogen-bond acceptors (Lipinski definition) is 5. The van der Waals surface area contributed by atoms with Gasteiger partial charge in [0.15, 0.2) is 0 Å². The molecule has 0 spiro atoms. The van der Waals surface area contributed by atoms with E-state index in [0.717, 1.165) is 10.0 Å². The van der Waals surface area contributed by atoms with Gasteiger partial charge >= 0.3 is 0 Å². The average Bonchev–Trinajstić information content (AvgIpc) is 2.91. The van der Waals surface area contributed by atoms with Crippen molar-refractivity contribution in [3.63, 3.8) is 0 Å². The Balaban J connectivity index is 2.04. The highest BCUT2D eigenvalue weighted by Gasteiger charge is 2.14. The lowest BCUT2D eigenvalue weighted by Gasteiger charge is -1.99. The molecule has 100 valence electrons. The Morgan fingerprint density at radius 2 is 1.90 bits per heavy atom. The lowest BCUT2D eigenvalue weighted by Crippen LogP contribution is -1.82. The van der Waals surface area contributed by atoms with Gasteiger partial charge in [-0.2, -0.15) is 4.98 Å². The molecule has 6 heteroatoms. The van der Waals surface area contributed by atoms with Crippen LogP contribution in [0.2, 0.25) is 0 Å². The highest BCUT2D eigenvalue weighted by molar-refractivity contribution is 9.10. The van der Waals surface area contributed by atoms with Crippen LogP contribution in [0.1, 0.15) is 0 Å². The molecule has 0 saturated carbocycles. The Labute approximate surface area is 122 Å². The third-order valence-electron chi connectivity index (χ3n) is 2.72. The van der Waals surface area contributed by atoms with Gasteiger partial charge in [0.05, 0.1) is 5.56 Å². The highest BCUT2D eigenvalue weighted by Crippen LogP contribution is 2.32. The number of halogens is 1. The van der Waals surface area contributed by atoms with Crippen molar-refractivity contribution in [2.24, 2.45) is 0 Å². The van der Waals surface area contributed by atoms with E-state index in [2.05, 4.69) is 26.1 Å². The van der Waals surface area contributed by atoms with Crippen LogP contribution in [0.15, 0.2) is 51.5 Å². The first-order valence-electron chi connectivity index (χ1n) is 5.75. The second-order valence-corrected chi connectivity index (χ2v) is 5.05. The van der Waals surface area contributed by atoms with Crippen LogP contribution < -0.4 is 0 Å². The first-order chi connectivity index (χ1) is 9.63. The number of aromatic nitrogens is 2. The quantitative estimate of drug-likeness (QED) is 0.701. The fourth-order valence-corrected chi connectivity index (χ4v) is 2.17. The minimum atomic E-state index is -0.0350. The molecule has 3 rings (SSSR count). The van der Waals surface area contributed by atoms with Gasteiger partial charge in [0, 0.05) is 10.0 Å². The summed E-state index contributed by atoms with van der Waals surface area (Å²) in [6.07, 6.45) is 0. The number of hydrogen-bond donors (Lipinski definition) is 2. The lowest BCUT2D eigenvalue weighted by molar-refractivity contribution is 0.423. The van der Waals surface area contributed by atoms with Crippen LogP contribution in [-0.4, -0.2) is 20.4 Å². The van der Waals surface area contributed by atoms with E-state index >= 15 is 0 Å². The number of benzene rings is 2. The fraction of sp³-hybridized carbons (Fsp3) is 0. The summed E-state index contributed by atoms with van der Waals surface area (Å²) in [5.41, 5.74) is 1.08. The molecule has 0 atom stereocenters. The molecule has 3 aromatic rings. The molecule has 2 aromatic carbocycles.